The zero-order valence-corrected chi connectivity index (χ0v) is 26.3. The molecule has 2 aromatic carbocycles. The third-order valence-corrected chi connectivity index (χ3v) is 66.5. The Morgan fingerprint density at radius 3 is 1.04 bits per heavy atom. The molecule has 2 rings (SSSR count). The molecule has 6 heteroatoms. The van der Waals surface area contributed by atoms with Crippen LogP contribution in [0.5, 0.6) is 0 Å². The quantitative estimate of drug-likeness (QED) is 0.303. The molecule has 0 aromatic heterocycles. The SMILES string of the molecule is Cc1cc(C)c([Te](Br)(Br)C[Te](Br)(Br)c2c(C)cc(C)cc2C)c(C)c1. The summed E-state index contributed by atoms with van der Waals surface area (Å²) in [6.07, 6.45) is 0. The Balaban J connectivity index is 2.50. The Hall–Kier alpha value is 1.94. The summed E-state index contributed by atoms with van der Waals surface area (Å²) in [4.78, 5) is 0. The van der Waals surface area contributed by atoms with Crippen LogP contribution >= 0.6 is 51.0 Å². The summed E-state index contributed by atoms with van der Waals surface area (Å²) in [5.41, 5.74) is 8.31. The third kappa shape index (κ3) is 5.51. The number of aryl methyl sites for hydroxylation is 6. The minimum atomic E-state index is -2.58. The molecule has 0 unspecified atom stereocenters. The van der Waals surface area contributed by atoms with Gasteiger partial charge in [0.1, 0.15) is 0 Å². The van der Waals surface area contributed by atoms with Gasteiger partial charge in [-0.05, 0) is 0 Å². The summed E-state index contributed by atoms with van der Waals surface area (Å²) in [6, 6.07) is 9.24. The average molecular weight is 827 g/mol. The molecule has 0 amide bonds. The van der Waals surface area contributed by atoms with Gasteiger partial charge in [-0.15, -0.1) is 0 Å². The molecular weight excluding hydrogens is 803 g/mol. The van der Waals surface area contributed by atoms with Gasteiger partial charge in [0.25, 0.3) is 0 Å². The first-order chi connectivity index (χ1) is 11.3. The summed E-state index contributed by atoms with van der Waals surface area (Å²) in [5.74, 6) is 0. The van der Waals surface area contributed by atoms with Crippen molar-refractivity contribution in [1.82, 2.24) is 0 Å². The first-order valence-corrected chi connectivity index (χ1v) is 34.4. The van der Waals surface area contributed by atoms with Crippen molar-refractivity contribution < 1.29 is 0 Å². The van der Waals surface area contributed by atoms with Gasteiger partial charge in [-0.2, -0.15) is 0 Å². The van der Waals surface area contributed by atoms with Gasteiger partial charge < -0.3 is 0 Å². The molecule has 0 atom stereocenters. The van der Waals surface area contributed by atoms with Crippen LogP contribution in [0, 0.1) is 41.5 Å². The van der Waals surface area contributed by atoms with Crippen LogP contribution in [-0.4, -0.2) is 27.5 Å². The Bertz CT molecular complexity index is 700. The molecule has 0 N–H and O–H groups in total. The van der Waals surface area contributed by atoms with Crippen LogP contribution < -0.4 is 7.22 Å². The third-order valence-electron chi connectivity index (χ3n) is 4.10. The van der Waals surface area contributed by atoms with E-state index in [4.69, 9.17) is 0 Å². The fraction of sp³-hybridized carbons (Fsp3) is 0.368. The second-order valence-electron chi connectivity index (χ2n) is 6.72. The predicted octanol–water partition coefficient (Wildman–Crippen LogP) is 6.65. The van der Waals surface area contributed by atoms with Gasteiger partial charge in [-0.3, -0.25) is 0 Å². The average Bonchev–Trinajstić information content (AvgIpc) is 2.32. The van der Waals surface area contributed by atoms with Gasteiger partial charge in [0, 0.05) is 0 Å². The van der Waals surface area contributed by atoms with E-state index in [0.29, 0.717) is 0 Å². The topological polar surface area (TPSA) is 0 Å². The second kappa shape index (κ2) is 8.75. The molecule has 0 fully saturated rings. The summed E-state index contributed by atoms with van der Waals surface area (Å²) >= 11 is 11.7. The Morgan fingerprint density at radius 1 is 0.560 bits per heavy atom. The molecule has 0 aliphatic carbocycles. The molecule has 0 radical (unpaired) electrons. The molecule has 0 heterocycles. The molecule has 0 bridgehead atoms. The van der Waals surface area contributed by atoms with Crippen LogP contribution in [-0.2, 0) is 0 Å². The zero-order chi connectivity index (χ0) is 19.2. The first-order valence-electron chi connectivity index (χ1n) is 7.91. The van der Waals surface area contributed by atoms with Crippen LogP contribution in [0.25, 0.3) is 0 Å². The van der Waals surface area contributed by atoms with Crippen LogP contribution in [0.4, 0.5) is 0 Å². The molecule has 0 aliphatic rings. The number of hydrogen-bond donors (Lipinski definition) is 0. The maximum atomic E-state index is 4.21. The van der Waals surface area contributed by atoms with E-state index in [2.05, 4.69) is 117 Å². The van der Waals surface area contributed by atoms with E-state index in [-0.39, 0.29) is 0 Å². The minimum absolute atomic E-state index is 1.18. The summed E-state index contributed by atoms with van der Waals surface area (Å²) < 4.78 is 4.25. The maximum absolute atomic E-state index is 4.21. The van der Waals surface area contributed by atoms with Gasteiger partial charge in [-0.25, -0.2) is 0 Å². The summed E-state index contributed by atoms with van der Waals surface area (Å²) in [7, 11) is 0. The number of hydrogen-bond acceptors (Lipinski definition) is 0. The number of halogens is 4. The van der Waals surface area contributed by atoms with Crippen molar-refractivity contribution in [2.45, 2.75) is 44.1 Å². The fourth-order valence-electron chi connectivity index (χ4n) is 3.58. The molecule has 0 aliphatic heterocycles. The van der Waals surface area contributed by atoms with Crippen molar-refractivity contribution in [3.63, 3.8) is 0 Å². The molecule has 0 saturated carbocycles. The Morgan fingerprint density at radius 2 is 0.800 bits per heavy atom. The van der Waals surface area contributed by atoms with Crippen molar-refractivity contribution >= 4 is 85.8 Å². The van der Waals surface area contributed by atoms with E-state index < -0.39 is 27.5 Å². The molecule has 0 nitrogen and oxygen atoms in total. The van der Waals surface area contributed by atoms with Crippen LogP contribution in [0.3, 0.4) is 0 Å². The van der Waals surface area contributed by atoms with Crippen LogP contribution in [0.2, 0.25) is 2.52 Å². The van der Waals surface area contributed by atoms with Crippen molar-refractivity contribution in [2.24, 2.45) is 0 Å². The molecule has 2 aromatic rings. The van der Waals surface area contributed by atoms with E-state index in [9.17, 15) is 0 Å². The normalized spacial score (nSPS) is 13.8. The van der Waals surface area contributed by atoms with E-state index in [0.717, 1.165) is 0 Å². The number of rotatable bonds is 4. The van der Waals surface area contributed by atoms with Crippen molar-refractivity contribution in [3.05, 3.63) is 57.6 Å². The fourth-order valence-corrected chi connectivity index (χ4v) is 132. The van der Waals surface area contributed by atoms with Crippen LogP contribution in [0.15, 0.2) is 24.3 Å². The first kappa shape index (κ1) is 23.2. The summed E-state index contributed by atoms with van der Waals surface area (Å²) in [6.45, 7) is 13.3. The van der Waals surface area contributed by atoms with E-state index >= 15 is 0 Å². The van der Waals surface area contributed by atoms with Crippen molar-refractivity contribution in [1.29, 1.82) is 0 Å². The van der Waals surface area contributed by atoms with Crippen molar-refractivity contribution in [3.8, 4) is 0 Å². The molecular formula is C19H24Br4Te2. The molecule has 140 valence electrons. The molecule has 25 heavy (non-hydrogen) atoms. The van der Waals surface area contributed by atoms with E-state index in [1.807, 2.05) is 0 Å². The van der Waals surface area contributed by atoms with Crippen LogP contribution in [0.1, 0.15) is 33.4 Å². The number of benzene rings is 2. The summed E-state index contributed by atoms with van der Waals surface area (Å²) in [5, 5.41) is 0. The van der Waals surface area contributed by atoms with Gasteiger partial charge in [0.15, 0.2) is 0 Å². The van der Waals surface area contributed by atoms with Gasteiger partial charge in [0.2, 0.25) is 0 Å². The standard InChI is InChI=1S/C19H24Br4Te2/c1-12-7-14(3)18(15(4)8-12)24(20,21)11-25(22,23)19-16(5)9-13(2)10-17(19)6/h7-10H,11H2,1-6H3. The van der Waals surface area contributed by atoms with Gasteiger partial charge >= 0.3 is 187 Å². The van der Waals surface area contributed by atoms with Gasteiger partial charge in [-0.1, -0.05) is 0 Å². The van der Waals surface area contributed by atoms with Gasteiger partial charge in [0.05, 0.1) is 0 Å². The monoisotopic (exact) mass is 828 g/mol. The van der Waals surface area contributed by atoms with E-state index in [1.54, 1.807) is 0 Å². The van der Waals surface area contributed by atoms with Crippen molar-refractivity contribution in [2.75, 3.05) is 0 Å². The molecule has 0 saturated heterocycles. The zero-order valence-electron chi connectivity index (χ0n) is 15.3. The second-order valence-corrected chi connectivity index (χ2v) is 62.1. The molecule has 0 spiro atoms. The Labute approximate surface area is 184 Å². The predicted molar refractivity (Wildman–Crippen MR) is 133 cm³/mol. The Kier molecular flexibility index (Phi) is 8.13. The van der Waals surface area contributed by atoms with E-state index in [1.165, 1.54) is 43.1 Å².